The summed E-state index contributed by atoms with van der Waals surface area (Å²) in [6, 6.07) is 14.7. The van der Waals surface area contributed by atoms with Crippen LogP contribution in [0.4, 0.5) is 5.69 Å². The molecule has 158 valence electrons. The quantitative estimate of drug-likeness (QED) is 0.677. The van der Waals surface area contributed by atoms with Gasteiger partial charge in [0.1, 0.15) is 11.0 Å². The molecule has 0 bridgehead atoms. The number of hydrogen-bond donors (Lipinski definition) is 1. The van der Waals surface area contributed by atoms with Crippen molar-refractivity contribution >= 4 is 34.4 Å². The third kappa shape index (κ3) is 5.03. The van der Waals surface area contributed by atoms with E-state index in [0.29, 0.717) is 6.54 Å². The molecule has 2 aromatic carbocycles. The third-order valence-electron chi connectivity index (χ3n) is 5.62. The summed E-state index contributed by atoms with van der Waals surface area (Å²) in [6.07, 6.45) is 0. The second kappa shape index (κ2) is 8.79. The van der Waals surface area contributed by atoms with E-state index in [2.05, 4.69) is 68.9 Å². The van der Waals surface area contributed by atoms with Crippen LogP contribution in [0.25, 0.3) is 11.0 Å². The summed E-state index contributed by atoms with van der Waals surface area (Å²) in [5.74, 6) is 0.00159. The Balaban J connectivity index is 1.25. The highest BCUT2D eigenvalue weighted by atomic mass is 32.1. The topological polar surface area (TPSA) is 61.4 Å². The number of carbonyl (C=O) groups excluding carboxylic acids is 1. The predicted octanol–water partition coefficient (Wildman–Crippen LogP) is 3.75. The molecule has 1 amide bonds. The number of benzene rings is 2. The first-order valence-electron chi connectivity index (χ1n) is 10.4. The summed E-state index contributed by atoms with van der Waals surface area (Å²) < 4.78 is 8.51. The molecule has 0 aliphatic carbocycles. The van der Waals surface area contributed by atoms with Crippen molar-refractivity contribution in [3.8, 4) is 0 Å². The molecule has 0 radical (unpaired) electrons. The number of amides is 1. The summed E-state index contributed by atoms with van der Waals surface area (Å²) in [5.41, 5.74) is 5.22. The number of anilines is 1. The van der Waals surface area contributed by atoms with Gasteiger partial charge in [-0.3, -0.25) is 14.6 Å². The van der Waals surface area contributed by atoms with Crippen LogP contribution >= 0.6 is 11.7 Å². The monoisotopic (exact) mass is 423 g/mol. The van der Waals surface area contributed by atoms with E-state index in [4.69, 9.17) is 0 Å². The number of nitrogens with one attached hydrogen (secondary N) is 1. The molecule has 1 fully saturated rings. The maximum atomic E-state index is 12.5. The van der Waals surface area contributed by atoms with Crippen LogP contribution in [0.15, 0.2) is 42.5 Å². The second-order valence-electron chi connectivity index (χ2n) is 8.98. The summed E-state index contributed by atoms with van der Waals surface area (Å²) in [4.78, 5) is 17.2. The third-order valence-corrected chi connectivity index (χ3v) is 6.16. The number of aromatic nitrogens is 2. The van der Waals surface area contributed by atoms with Crippen LogP contribution in [0.5, 0.6) is 0 Å². The van der Waals surface area contributed by atoms with E-state index in [1.54, 1.807) is 0 Å². The lowest BCUT2D eigenvalue weighted by Crippen LogP contribution is -2.48. The van der Waals surface area contributed by atoms with Crippen molar-refractivity contribution in [2.45, 2.75) is 32.7 Å². The van der Waals surface area contributed by atoms with E-state index >= 15 is 0 Å². The van der Waals surface area contributed by atoms with Gasteiger partial charge in [-0.05, 0) is 28.7 Å². The van der Waals surface area contributed by atoms with Gasteiger partial charge in [0.25, 0.3) is 0 Å². The zero-order chi connectivity index (χ0) is 21.1. The molecule has 4 rings (SSSR count). The molecular weight excluding hydrogens is 394 g/mol. The van der Waals surface area contributed by atoms with Gasteiger partial charge in [-0.1, -0.05) is 51.1 Å². The highest BCUT2D eigenvalue weighted by molar-refractivity contribution is 7.00. The minimum absolute atomic E-state index is 0.00159. The number of hydrogen-bond acceptors (Lipinski definition) is 6. The van der Waals surface area contributed by atoms with E-state index < -0.39 is 0 Å². The highest BCUT2D eigenvalue weighted by Crippen LogP contribution is 2.23. The van der Waals surface area contributed by atoms with Crippen molar-refractivity contribution in [2.24, 2.45) is 0 Å². The van der Waals surface area contributed by atoms with Crippen LogP contribution in [0.2, 0.25) is 0 Å². The molecule has 30 heavy (non-hydrogen) atoms. The van der Waals surface area contributed by atoms with E-state index in [1.165, 1.54) is 22.9 Å². The van der Waals surface area contributed by atoms with Crippen LogP contribution in [-0.4, -0.2) is 57.2 Å². The Hall–Kier alpha value is -2.35. The van der Waals surface area contributed by atoms with Gasteiger partial charge in [-0.25, -0.2) is 0 Å². The van der Waals surface area contributed by atoms with E-state index in [9.17, 15) is 4.79 Å². The maximum absolute atomic E-state index is 12.5. The fourth-order valence-corrected chi connectivity index (χ4v) is 4.32. The molecule has 1 aliphatic rings. The van der Waals surface area contributed by atoms with Gasteiger partial charge in [0, 0.05) is 32.7 Å². The summed E-state index contributed by atoms with van der Waals surface area (Å²) in [6.45, 7) is 11.8. The van der Waals surface area contributed by atoms with E-state index in [1.807, 2.05) is 18.2 Å². The molecule has 2 heterocycles. The van der Waals surface area contributed by atoms with Gasteiger partial charge >= 0.3 is 0 Å². The highest BCUT2D eigenvalue weighted by Gasteiger charge is 2.20. The molecule has 1 aromatic heterocycles. The van der Waals surface area contributed by atoms with Gasteiger partial charge < -0.3 is 5.32 Å². The Kier molecular flexibility index (Phi) is 6.13. The Morgan fingerprint density at radius 1 is 1.00 bits per heavy atom. The van der Waals surface area contributed by atoms with E-state index in [-0.39, 0.29) is 11.3 Å². The number of nitrogens with zero attached hydrogens (tertiary/aromatic N) is 4. The average Bonchev–Trinajstić information content (AvgIpc) is 3.19. The maximum Gasteiger partial charge on any atom is 0.238 e. The Bertz CT molecular complexity index is 1000. The zero-order valence-corrected chi connectivity index (χ0v) is 18.7. The van der Waals surface area contributed by atoms with Crippen LogP contribution in [0, 0.1) is 0 Å². The number of fused-ring (bicyclic) bond motifs is 1. The van der Waals surface area contributed by atoms with Crippen LogP contribution < -0.4 is 5.32 Å². The Morgan fingerprint density at radius 2 is 1.70 bits per heavy atom. The zero-order valence-electron chi connectivity index (χ0n) is 17.9. The number of carbonyl (C=O) groups is 1. The largest absolute Gasteiger partial charge is 0.323 e. The van der Waals surface area contributed by atoms with Crippen molar-refractivity contribution in [2.75, 3.05) is 38.0 Å². The fraction of sp³-hybridized carbons (Fsp3) is 0.435. The molecule has 0 saturated carbocycles. The lowest BCUT2D eigenvalue weighted by Gasteiger charge is -2.34. The lowest BCUT2D eigenvalue weighted by atomic mass is 9.87. The number of rotatable bonds is 5. The molecule has 1 N–H and O–H groups in total. The van der Waals surface area contributed by atoms with Crippen LogP contribution in [0.1, 0.15) is 31.9 Å². The SMILES string of the molecule is CC(C)(C)c1ccc(CN2CCN(CC(=O)Nc3cccc4nsnc34)CC2)cc1. The summed E-state index contributed by atoms with van der Waals surface area (Å²) in [7, 11) is 0. The molecule has 1 saturated heterocycles. The summed E-state index contributed by atoms with van der Waals surface area (Å²) in [5, 5.41) is 3.00. The predicted molar refractivity (Wildman–Crippen MR) is 123 cm³/mol. The standard InChI is InChI=1S/C23H29N5OS/c1-23(2,3)18-9-7-17(8-10-18)15-27-11-13-28(14-12-27)16-21(29)24-19-5-4-6-20-22(19)26-30-25-20/h4-10H,11-16H2,1-3H3,(H,24,29). The molecule has 0 atom stereocenters. The van der Waals surface area contributed by atoms with Crippen molar-refractivity contribution in [1.29, 1.82) is 0 Å². The Morgan fingerprint density at radius 3 is 2.40 bits per heavy atom. The minimum atomic E-state index is 0.00159. The first kappa shape index (κ1) is 20.9. The van der Waals surface area contributed by atoms with Gasteiger partial charge in [0.05, 0.1) is 24.0 Å². The van der Waals surface area contributed by atoms with Gasteiger partial charge in [-0.2, -0.15) is 8.75 Å². The lowest BCUT2D eigenvalue weighted by molar-refractivity contribution is -0.117. The molecule has 0 unspecified atom stereocenters. The molecule has 7 heteroatoms. The van der Waals surface area contributed by atoms with Gasteiger partial charge in [0.2, 0.25) is 5.91 Å². The molecular formula is C23H29N5OS. The van der Waals surface area contributed by atoms with Crippen LogP contribution in [-0.2, 0) is 16.8 Å². The molecule has 1 aliphatic heterocycles. The van der Waals surface area contributed by atoms with E-state index in [0.717, 1.165) is 49.4 Å². The second-order valence-corrected chi connectivity index (χ2v) is 9.51. The average molecular weight is 424 g/mol. The van der Waals surface area contributed by atoms with Crippen molar-refractivity contribution in [3.63, 3.8) is 0 Å². The Labute approximate surface area is 182 Å². The first-order valence-corrected chi connectivity index (χ1v) is 11.2. The van der Waals surface area contributed by atoms with Crippen molar-refractivity contribution in [3.05, 3.63) is 53.6 Å². The number of piperazine rings is 1. The first-order chi connectivity index (χ1) is 14.4. The molecule has 0 spiro atoms. The smallest absolute Gasteiger partial charge is 0.238 e. The normalized spacial score (nSPS) is 16.1. The van der Waals surface area contributed by atoms with Crippen molar-refractivity contribution in [1.82, 2.24) is 18.5 Å². The minimum Gasteiger partial charge on any atom is -0.323 e. The van der Waals surface area contributed by atoms with Crippen molar-refractivity contribution < 1.29 is 4.79 Å². The van der Waals surface area contributed by atoms with Gasteiger partial charge in [0.15, 0.2) is 0 Å². The van der Waals surface area contributed by atoms with Gasteiger partial charge in [-0.15, -0.1) is 0 Å². The fourth-order valence-electron chi connectivity index (χ4n) is 3.77. The summed E-state index contributed by atoms with van der Waals surface area (Å²) >= 11 is 1.17. The van der Waals surface area contributed by atoms with Crippen LogP contribution in [0.3, 0.4) is 0 Å². The molecule has 3 aromatic rings. The molecule has 6 nitrogen and oxygen atoms in total.